The van der Waals surface area contributed by atoms with Gasteiger partial charge >= 0.3 is 0 Å². The smallest absolute Gasteiger partial charge is 0.0223 e. The molecule has 1 aliphatic heterocycles. The zero-order valence-electron chi connectivity index (χ0n) is 11.3. The number of hydrogen-bond donors (Lipinski definition) is 2. The van der Waals surface area contributed by atoms with Gasteiger partial charge in [0.2, 0.25) is 0 Å². The van der Waals surface area contributed by atoms with Crippen molar-refractivity contribution < 1.29 is 0 Å². The number of aromatic amines is 1. The van der Waals surface area contributed by atoms with Crippen LogP contribution in [0.3, 0.4) is 0 Å². The first-order valence-corrected chi connectivity index (χ1v) is 6.66. The van der Waals surface area contributed by atoms with Crippen LogP contribution >= 0.6 is 0 Å². The molecule has 0 aromatic carbocycles. The van der Waals surface area contributed by atoms with Crippen molar-refractivity contribution in [2.75, 3.05) is 13.1 Å². The van der Waals surface area contributed by atoms with Gasteiger partial charge in [0, 0.05) is 43.6 Å². The molecule has 1 fully saturated rings. The maximum atomic E-state index is 3.65. The summed E-state index contributed by atoms with van der Waals surface area (Å²) in [7, 11) is 0. The summed E-state index contributed by atoms with van der Waals surface area (Å²) in [6, 6.07) is 2.82. The number of rotatable bonds is 3. The van der Waals surface area contributed by atoms with Crippen LogP contribution in [0.15, 0.2) is 18.5 Å². The Labute approximate surface area is 105 Å². The number of nitrogens with zero attached hydrogens (tertiary/aromatic N) is 1. The fourth-order valence-corrected chi connectivity index (χ4v) is 2.48. The Bertz CT molecular complexity index is 316. The molecule has 1 aromatic heterocycles. The highest BCUT2D eigenvalue weighted by molar-refractivity contribution is 5.07. The molecule has 17 heavy (non-hydrogen) atoms. The predicted molar refractivity (Wildman–Crippen MR) is 72.0 cm³/mol. The zero-order chi connectivity index (χ0) is 12.3. The minimum absolute atomic E-state index is 0.325. The van der Waals surface area contributed by atoms with E-state index >= 15 is 0 Å². The average molecular weight is 235 g/mol. The Morgan fingerprint density at radius 3 is 2.59 bits per heavy atom. The standard InChI is InChI=1S/C14H25N3/c1-14(2,3)17-8-5-13(6-9-17)16-11-12-4-7-15-10-12/h4,7,10,13,15-16H,5-6,8-9,11H2,1-3H3. The van der Waals surface area contributed by atoms with Gasteiger partial charge in [-0.25, -0.2) is 0 Å². The first kappa shape index (κ1) is 12.7. The lowest BCUT2D eigenvalue weighted by Crippen LogP contribution is -2.49. The normalized spacial score (nSPS) is 19.7. The molecular formula is C14H25N3. The summed E-state index contributed by atoms with van der Waals surface area (Å²) < 4.78 is 0. The second kappa shape index (κ2) is 5.23. The summed E-state index contributed by atoms with van der Waals surface area (Å²) in [6.07, 6.45) is 6.58. The van der Waals surface area contributed by atoms with Gasteiger partial charge in [0.25, 0.3) is 0 Å². The van der Waals surface area contributed by atoms with E-state index in [1.165, 1.54) is 31.5 Å². The number of aromatic nitrogens is 1. The van der Waals surface area contributed by atoms with E-state index in [-0.39, 0.29) is 0 Å². The largest absolute Gasteiger partial charge is 0.367 e. The van der Waals surface area contributed by atoms with Crippen molar-refractivity contribution >= 4 is 0 Å². The highest BCUT2D eigenvalue weighted by Crippen LogP contribution is 2.20. The molecule has 0 radical (unpaired) electrons. The highest BCUT2D eigenvalue weighted by atomic mass is 15.2. The molecule has 1 saturated heterocycles. The maximum absolute atomic E-state index is 3.65. The molecule has 3 heteroatoms. The van der Waals surface area contributed by atoms with Crippen molar-refractivity contribution in [3.63, 3.8) is 0 Å². The third kappa shape index (κ3) is 3.58. The molecule has 0 aliphatic carbocycles. The number of H-pyrrole nitrogens is 1. The quantitative estimate of drug-likeness (QED) is 0.842. The van der Waals surface area contributed by atoms with Gasteiger partial charge in [0.1, 0.15) is 0 Å². The molecule has 0 bridgehead atoms. The Hall–Kier alpha value is -0.800. The van der Waals surface area contributed by atoms with Crippen LogP contribution in [0.5, 0.6) is 0 Å². The molecule has 1 aliphatic rings. The minimum atomic E-state index is 0.325. The van der Waals surface area contributed by atoms with Crippen LogP contribution in [0.4, 0.5) is 0 Å². The van der Waals surface area contributed by atoms with Gasteiger partial charge in [-0.05, 0) is 45.2 Å². The van der Waals surface area contributed by atoms with Crippen molar-refractivity contribution in [1.29, 1.82) is 0 Å². The van der Waals surface area contributed by atoms with Crippen molar-refractivity contribution in [2.45, 2.75) is 51.7 Å². The van der Waals surface area contributed by atoms with Crippen LogP contribution < -0.4 is 5.32 Å². The van der Waals surface area contributed by atoms with E-state index in [1.54, 1.807) is 0 Å². The summed E-state index contributed by atoms with van der Waals surface area (Å²) in [4.78, 5) is 5.68. The molecule has 0 spiro atoms. The van der Waals surface area contributed by atoms with Crippen molar-refractivity contribution in [2.24, 2.45) is 0 Å². The molecule has 2 N–H and O–H groups in total. The molecule has 0 unspecified atom stereocenters. The van der Waals surface area contributed by atoms with Gasteiger partial charge in [0.15, 0.2) is 0 Å². The van der Waals surface area contributed by atoms with Gasteiger partial charge in [-0.2, -0.15) is 0 Å². The molecule has 96 valence electrons. The average Bonchev–Trinajstić information content (AvgIpc) is 2.78. The van der Waals surface area contributed by atoms with E-state index < -0.39 is 0 Å². The Kier molecular flexibility index (Phi) is 3.89. The van der Waals surface area contributed by atoms with Gasteiger partial charge in [-0.3, -0.25) is 4.90 Å². The van der Waals surface area contributed by atoms with Crippen LogP contribution in [0.1, 0.15) is 39.2 Å². The topological polar surface area (TPSA) is 31.1 Å². The van der Waals surface area contributed by atoms with Crippen LogP contribution in [-0.2, 0) is 6.54 Å². The van der Waals surface area contributed by atoms with Gasteiger partial charge in [-0.1, -0.05) is 0 Å². The van der Waals surface area contributed by atoms with Crippen molar-refractivity contribution in [1.82, 2.24) is 15.2 Å². The Morgan fingerprint density at radius 2 is 2.06 bits per heavy atom. The number of nitrogens with one attached hydrogen (secondary N) is 2. The maximum Gasteiger partial charge on any atom is 0.0223 e. The Morgan fingerprint density at radius 1 is 1.35 bits per heavy atom. The first-order valence-electron chi connectivity index (χ1n) is 6.66. The lowest BCUT2D eigenvalue weighted by Gasteiger charge is -2.41. The summed E-state index contributed by atoms with van der Waals surface area (Å²) in [5, 5.41) is 3.65. The van der Waals surface area contributed by atoms with Gasteiger partial charge in [-0.15, -0.1) is 0 Å². The van der Waals surface area contributed by atoms with Gasteiger partial charge < -0.3 is 10.3 Å². The summed E-state index contributed by atoms with van der Waals surface area (Å²) in [5.74, 6) is 0. The van der Waals surface area contributed by atoms with Crippen molar-refractivity contribution in [3.8, 4) is 0 Å². The fourth-order valence-electron chi connectivity index (χ4n) is 2.48. The molecule has 1 aromatic rings. The summed E-state index contributed by atoms with van der Waals surface area (Å²) in [6.45, 7) is 10.3. The van der Waals surface area contributed by atoms with Crippen LogP contribution in [0.25, 0.3) is 0 Å². The highest BCUT2D eigenvalue weighted by Gasteiger charge is 2.26. The van der Waals surface area contributed by atoms with E-state index in [4.69, 9.17) is 0 Å². The third-order valence-corrected chi connectivity index (χ3v) is 3.70. The summed E-state index contributed by atoms with van der Waals surface area (Å²) >= 11 is 0. The van der Waals surface area contributed by atoms with E-state index in [0.29, 0.717) is 11.6 Å². The molecule has 3 nitrogen and oxygen atoms in total. The number of hydrogen-bond acceptors (Lipinski definition) is 2. The van der Waals surface area contributed by atoms with E-state index in [0.717, 1.165) is 6.54 Å². The zero-order valence-corrected chi connectivity index (χ0v) is 11.3. The number of likely N-dealkylation sites (tertiary alicyclic amines) is 1. The molecule has 0 saturated carbocycles. The molecular weight excluding hydrogens is 210 g/mol. The summed E-state index contributed by atoms with van der Waals surface area (Å²) in [5.41, 5.74) is 1.68. The third-order valence-electron chi connectivity index (χ3n) is 3.70. The second-order valence-corrected chi connectivity index (χ2v) is 6.03. The molecule has 2 rings (SSSR count). The SMILES string of the molecule is CC(C)(C)N1CCC(NCc2cc[nH]c2)CC1. The van der Waals surface area contributed by atoms with Gasteiger partial charge in [0.05, 0.1) is 0 Å². The number of piperidine rings is 1. The van der Waals surface area contributed by atoms with Crippen LogP contribution in [-0.4, -0.2) is 34.6 Å². The minimum Gasteiger partial charge on any atom is -0.367 e. The molecule has 2 heterocycles. The van der Waals surface area contributed by atoms with E-state index in [1.807, 2.05) is 6.20 Å². The fraction of sp³-hybridized carbons (Fsp3) is 0.714. The lowest BCUT2D eigenvalue weighted by molar-refractivity contribution is 0.0960. The molecule has 0 amide bonds. The van der Waals surface area contributed by atoms with E-state index in [9.17, 15) is 0 Å². The van der Waals surface area contributed by atoms with Crippen molar-refractivity contribution in [3.05, 3.63) is 24.0 Å². The Balaban J connectivity index is 1.72. The van der Waals surface area contributed by atoms with E-state index in [2.05, 4.69) is 48.2 Å². The first-order chi connectivity index (χ1) is 8.05. The van der Waals surface area contributed by atoms with Crippen LogP contribution in [0.2, 0.25) is 0 Å². The molecule has 0 atom stereocenters. The second-order valence-electron chi connectivity index (χ2n) is 6.03. The predicted octanol–water partition coefficient (Wildman–Crippen LogP) is 2.37. The monoisotopic (exact) mass is 235 g/mol. The lowest BCUT2D eigenvalue weighted by atomic mass is 9.98. The van der Waals surface area contributed by atoms with Crippen LogP contribution in [0, 0.1) is 0 Å².